The van der Waals surface area contributed by atoms with E-state index in [0.717, 1.165) is 17.6 Å². The molecule has 0 radical (unpaired) electrons. The van der Waals surface area contributed by atoms with Gasteiger partial charge in [0.2, 0.25) is 0 Å². The number of aromatic nitrogens is 1. The molecule has 1 atom stereocenters. The predicted molar refractivity (Wildman–Crippen MR) is 88.3 cm³/mol. The van der Waals surface area contributed by atoms with Crippen LogP contribution in [-0.2, 0) is 6.42 Å². The molecule has 0 saturated carbocycles. The van der Waals surface area contributed by atoms with Crippen molar-refractivity contribution in [2.24, 2.45) is 5.73 Å². The first-order chi connectivity index (χ1) is 10.1. The maximum Gasteiger partial charge on any atom is 0.0708 e. The van der Waals surface area contributed by atoms with E-state index in [1.54, 1.807) is 0 Å². The Morgan fingerprint density at radius 1 is 1.00 bits per heavy atom. The summed E-state index contributed by atoms with van der Waals surface area (Å²) >= 11 is 0. The lowest BCUT2D eigenvalue weighted by Crippen LogP contribution is -2.15. The van der Waals surface area contributed by atoms with Gasteiger partial charge in [-0.25, -0.2) is 0 Å². The molecule has 21 heavy (non-hydrogen) atoms. The molecule has 0 amide bonds. The van der Waals surface area contributed by atoms with Gasteiger partial charge in [0.05, 0.1) is 17.3 Å². The van der Waals surface area contributed by atoms with Gasteiger partial charge >= 0.3 is 0 Å². The van der Waals surface area contributed by atoms with Crippen molar-refractivity contribution in [3.63, 3.8) is 0 Å². The third kappa shape index (κ3) is 2.96. The zero-order valence-electron chi connectivity index (χ0n) is 12.5. The predicted octanol–water partition coefficient (Wildman–Crippen LogP) is 4.09. The average Bonchev–Trinajstić information content (AvgIpc) is 2.49. The van der Waals surface area contributed by atoms with Crippen LogP contribution in [0.15, 0.2) is 54.6 Å². The van der Waals surface area contributed by atoms with Crippen LogP contribution in [0, 0.1) is 13.8 Å². The number of para-hydroxylation sites is 1. The van der Waals surface area contributed by atoms with E-state index >= 15 is 0 Å². The van der Waals surface area contributed by atoms with E-state index in [1.807, 2.05) is 18.2 Å². The summed E-state index contributed by atoms with van der Waals surface area (Å²) in [5.74, 6) is 0. The summed E-state index contributed by atoms with van der Waals surface area (Å²) in [5.41, 5.74) is 12.1. The van der Waals surface area contributed by atoms with E-state index in [9.17, 15) is 0 Å². The van der Waals surface area contributed by atoms with Gasteiger partial charge in [-0.2, -0.15) is 0 Å². The molecule has 106 valence electrons. The fraction of sp³-hybridized carbons (Fsp3) is 0.211. The first-order valence-corrected chi connectivity index (χ1v) is 7.31. The van der Waals surface area contributed by atoms with E-state index in [1.165, 1.54) is 22.1 Å². The molecule has 0 aliphatic rings. The van der Waals surface area contributed by atoms with E-state index in [4.69, 9.17) is 10.7 Å². The van der Waals surface area contributed by atoms with Gasteiger partial charge in [0, 0.05) is 5.39 Å². The monoisotopic (exact) mass is 276 g/mol. The Bertz CT molecular complexity index is 760. The van der Waals surface area contributed by atoms with Crippen molar-refractivity contribution in [2.75, 3.05) is 0 Å². The lowest BCUT2D eigenvalue weighted by atomic mass is 10.0. The first kappa shape index (κ1) is 13.8. The molecule has 2 aromatic carbocycles. The van der Waals surface area contributed by atoms with Crippen LogP contribution in [0.4, 0.5) is 0 Å². The number of nitrogens with two attached hydrogens (primary N) is 1. The number of fused-ring (bicyclic) bond motifs is 1. The van der Waals surface area contributed by atoms with Crippen LogP contribution < -0.4 is 5.73 Å². The van der Waals surface area contributed by atoms with Crippen molar-refractivity contribution < 1.29 is 0 Å². The van der Waals surface area contributed by atoms with Gasteiger partial charge in [-0.15, -0.1) is 0 Å². The van der Waals surface area contributed by atoms with Gasteiger partial charge < -0.3 is 5.73 Å². The normalized spacial score (nSPS) is 12.5. The smallest absolute Gasteiger partial charge is 0.0708 e. The zero-order valence-corrected chi connectivity index (χ0v) is 12.5. The van der Waals surface area contributed by atoms with Crippen LogP contribution in [-0.4, -0.2) is 4.98 Å². The number of aryl methyl sites for hydroxylation is 2. The number of nitrogens with zero attached hydrogens (tertiary/aromatic N) is 1. The average molecular weight is 276 g/mol. The summed E-state index contributed by atoms with van der Waals surface area (Å²) in [7, 11) is 0. The second-order valence-corrected chi connectivity index (χ2v) is 5.68. The van der Waals surface area contributed by atoms with Crippen molar-refractivity contribution in [2.45, 2.75) is 26.3 Å². The third-order valence-electron chi connectivity index (χ3n) is 3.90. The van der Waals surface area contributed by atoms with Crippen LogP contribution in [0.2, 0.25) is 0 Å². The quantitative estimate of drug-likeness (QED) is 0.782. The Morgan fingerprint density at radius 3 is 2.48 bits per heavy atom. The van der Waals surface area contributed by atoms with Crippen molar-refractivity contribution >= 4 is 10.9 Å². The number of pyridine rings is 1. The highest BCUT2D eigenvalue weighted by atomic mass is 14.8. The Labute approximate surface area is 125 Å². The maximum absolute atomic E-state index is 6.36. The standard InChI is InChI=1S/C19H20N2/c1-13-7-9-15(10-8-13)12-17(20)19-11-14(2)16-5-3-4-6-18(16)21-19/h3-11,17H,12,20H2,1-2H3. The Kier molecular flexibility index (Phi) is 3.72. The van der Waals surface area contributed by atoms with Crippen molar-refractivity contribution in [3.8, 4) is 0 Å². The highest BCUT2D eigenvalue weighted by Gasteiger charge is 2.11. The molecule has 1 heterocycles. The molecule has 3 aromatic rings. The molecular formula is C19H20N2. The highest BCUT2D eigenvalue weighted by Crippen LogP contribution is 2.22. The minimum Gasteiger partial charge on any atom is -0.322 e. The molecule has 2 nitrogen and oxygen atoms in total. The Morgan fingerprint density at radius 2 is 1.71 bits per heavy atom. The lowest BCUT2D eigenvalue weighted by molar-refractivity contribution is 0.699. The minimum absolute atomic E-state index is 0.0731. The summed E-state index contributed by atoms with van der Waals surface area (Å²) in [5, 5.41) is 1.20. The topological polar surface area (TPSA) is 38.9 Å². The molecule has 2 N–H and O–H groups in total. The molecule has 0 spiro atoms. The molecule has 1 aromatic heterocycles. The number of benzene rings is 2. The maximum atomic E-state index is 6.36. The third-order valence-corrected chi connectivity index (χ3v) is 3.90. The van der Waals surface area contributed by atoms with Crippen molar-refractivity contribution in [3.05, 3.63) is 77.0 Å². The van der Waals surface area contributed by atoms with E-state index in [-0.39, 0.29) is 6.04 Å². The zero-order chi connectivity index (χ0) is 14.8. The van der Waals surface area contributed by atoms with E-state index in [0.29, 0.717) is 0 Å². The van der Waals surface area contributed by atoms with Gasteiger partial charge in [0.25, 0.3) is 0 Å². The summed E-state index contributed by atoms with van der Waals surface area (Å²) < 4.78 is 0. The highest BCUT2D eigenvalue weighted by molar-refractivity contribution is 5.82. The fourth-order valence-electron chi connectivity index (χ4n) is 2.65. The molecular weight excluding hydrogens is 256 g/mol. The van der Waals surface area contributed by atoms with Crippen LogP contribution in [0.1, 0.15) is 28.4 Å². The largest absolute Gasteiger partial charge is 0.322 e. The second-order valence-electron chi connectivity index (χ2n) is 5.68. The Hall–Kier alpha value is -2.19. The van der Waals surface area contributed by atoms with Gasteiger partial charge in [-0.3, -0.25) is 4.98 Å². The first-order valence-electron chi connectivity index (χ1n) is 7.31. The van der Waals surface area contributed by atoms with Gasteiger partial charge in [0.15, 0.2) is 0 Å². The second kappa shape index (κ2) is 5.66. The number of hydrogen-bond donors (Lipinski definition) is 1. The van der Waals surface area contributed by atoms with Crippen LogP contribution in [0.25, 0.3) is 10.9 Å². The van der Waals surface area contributed by atoms with Gasteiger partial charge in [-0.1, -0.05) is 48.0 Å². The minimum atomic E-state index is -0.0731. The molecule has 0 aliphatic carbocycles. The number of hydrogen-bond acceptors (Lipinski definition) is 2. The van der Waals surface area contributed by atoms with Crippen LogP contribution in [0.5, 0.6) is 0 Å². The summed E-state index contributed by atoms with van der Waals surface area (Å²) in [6, 6.07) is 18.8. The van der Waals surface area contributed by atoms with E-state index in [2.05, 4.69) is 50.2 Å². The van der Waals surface area contributed by atoms with Crippen molar-refractivity contribution in [1.82, 2.24) is 4.98 Å². The SMILES string of the molecule is Cc1ccc(CC(N)c2cc(C)c3ccccc3n2)cc1. The summed E-state index contributed by atoms with van der Waals surface area (Å²) in [6.45, 7) is 4.21. The molecule has 3 rings (SSSR count). The van der Waals surface area contributed by atoms with Crippen molar-refractivity contribution in [1.29, 1.82) is 0 Å². The van der Waals surface area contributed by atoms with Crippen LogP contribution in [0.3, 0.4) is 0 Å². The molecule has 1 unspecified atom stereocenters. The van der Waals surface area contributed by atoms with E-state index < -0.39 is 0 Å². The van der Waals surface area contributed by atoms with Crippen LogP contribution >= 0.6 is 0 Å². The number of rotatable bonds is 3. The van der Waals surface area contributed by atoms with Gasteiger partial charge in [-0.05, 0) is 43.5 Å². The molecule has 0 fully saturated rings. The molecule has 0 saturated heterocycles. The Balaban J connectivity index is 1.90. The molecule has 2 heteroatoms. The lowest BCUT2D eigenvalue weighted by Gasteiger charge is -2.14. The molecule has 0 bridgehead atoms. The fourth-order valence-corrected chi connectivity index (χ4v) is 2.65. The van der Waals surface area contributed by atoms with Gasteiger partial charge in [0.1, 0.15) is 0 Å². The summed E-state index contributed by atoms with van der Waals surface area (Å²) in [4.78, 5) is 4.72. The molecule has 0 aliphatic heterocycles. The summed E-state index contributed by atoms with van der Waals surface area (Å²) in [6.07, 6.45) is 0.811.